The summed E-state index contributed by atoms with van der Waals surface area (Å²) < 4.78 is 18.4. The molecular weight excluding hydrogens is 251 g/mol. The van der Waals surface area contributed by atoms with E-state index in [0.29, 0.717) is 6.42 Å². The van der Waals surface area contributed by atoms with Gasteiger partial charge in [0.25, 0.3) is 0 Å². The maximum atomic E-state index is 13.0. The molecular formula is C13H13FN2O3. The maximum absolute atomic E-state index is 13.0. The highest BCUT2D eigenvalue weighted by atomic mass is 19.1. The molecule has 0 radical (unpaired) electrons. The van der Waals surface area contributed by atoms with Gasteiger partial charge in [0.05, 0.1) is 17.9 Å². The summed E-state index contributed by atoms with van der Waals surface area (Å²) in [6, 6.07) is 7.17. The maximum Gasteiger partial charge on any atom is 0.182 e. The van der Waals surface area contributed by atoms with Crippen molar-refractivity contribution in [2.75, 3.05) is 6.61 Å². The molecule has 0 unspecified atom stereocenters. The summed E-state index contributed by atoms with van der Waals surface area (Å²) in [5.41, 5.74) is 0.759. The van der Waals surface area contributed by atoms with Gasteiger partial charge < -0.3 is 14.9 Å². The molecule has 0 saturated heterocycles. The summed E-state index contributed by atoms with van der Waals surface area (Å²) in [5, 5.41) is 25.9. The van der Waals surface area contributed by atoms with Crippen molar-refractivity contribution in [1.82, 2.24) is 10.2 Å². The van der Waals surface area contributed by atoms with Gasteiger partial charge in [0, 0.05) is 12.6 Å². The lowest BCUT2D eigenvalue weighted by Gasteiger charge is -2.12. The van der Waals surface area contributed by atoms with E-state index in [1.54, 1.807) is 12.3 Å². The predicted octanol–water partition coefficient (Wildman–Crippen LogP) is 1.22. The summed E-state index contributed by atoms with van der Waals surface area (Å²) in [4.78, 5) is 0. The van der Waals surface area contributed by atoms with Gasteiger partial charge in [-0.2, -0.15) is 10.2 Å². The van der Waals surface area contributed by atoms with Crippen LogP contribution < -0.4 is 4.74 Å². The average Bonchev–Trinajstić information content (AvgIpc) is 2.41. The van der Waals surface area contributed by atoms with Crippen LogP contribution in [0.5, 0.6) is 5.75 Å². The van der Waals surface area contributed by atoms with Crippen LogP contribution in [0.4, 0.5) is 4.39 Å². The molecule has 2 rings (SSSR count). The molecule has 1 aromatic carbocycles. The Morgan fingerprint density at radius 1 is 1.26 bits per heavy atom. The van der Waals surface area contributed by atoms with Crippen molar-refractivity contribution in [1.29, 1.82) is 0 Å². The third kappa shape index (κ3) is 3.70. The molecule has 1 heterocycles. The van der Waals surface area contributed by atoms with Gasteiger partial charge in [-0.3, -0.25) is 0 Å². The second-order valence-electron chi connectivity index (χ2n) is 3.87. The first-order chi connectivity index (χ1) is 9.16. The minimum absolute atomic E-state index is 0.000791. The molecule has 6 heteroatoms. The number of aliphatic hydroxyl groups is 2. The van der Waals surface area contributed by atoms with Gasteiger partial charge >= 0.3 is 0 Å². The number of benzene rings is 1. The third-order valence-corrected chi connectivity index (χ3v) is 2.49. The molecule has 0 aliphatic carbocycles. The molecule has 5 nitrogen and oxygen atoms in total. The first kappa shape index (κ1) is 13.4. The van der Waals surface area contributed by atoms with Crippen LogP contribution in [0.1, 0.15) is 17.5 Å². The van der Waals surface area contributed by atoms with Gasteiger partial charge in [-0.15, -0.1) is 0 Å². The summed E-state index contributed by atoms with van der Waals surface area (Å²) in [7, 11) is 0. The fraction of sp³-hybridized carbons (Fsp3) is 0.231. The van der Waals surface area contributed by atoms with Crippen LogP contribution in [0.25, 0.3) is 0 Å². The molecule has 100 valence electrons. The van der Waals surface area contributed by atoms with Crippen LogP contribution in [0.2, 0.25) is 0 Å². The first-order valence-corrected chi connectivity index (χ1v) is 5.72. The van der Waals surface area contributed by atoms with Gasteiger partial charge in [-0.05, 0) is 30.3 Å². The fourth-order valence-electron chi connectivity index (χ4n) is 1.58. The Labute approximate surface area is 109 Å². The SMILES string of the molecule is OC(O)c1cc(F)ccc1OCCc1cccnn1. The topological polar surface area (TPSA) is 75.5 Å². The van der Waals surface area contributed by atoms with Crippen molar-refractivity contribution < 1.29 is 19.3 Å². The number of nitrogens with zero attached hydrogens (tertiary/aromatic N) is 2. The molecule has 0 atom stereocenters. The van der Waals surface area contributed by atoms with Gasteiger partial charge in [0.1, 0.15) is 11.6 Å². The van der Waals surface area contributed by atoms with E-state index in [1.165, 1.54) is 12.1 Å². The molecule has 0 amide bonds. The van der Waals surface area contributed by atoms with Gasteiger partial charge in [-0.25, -0.2) is 4.39 Å². The largest absolute Gasteiger partial charge is 0.493 e. The van der Waals surface area contributed by atoms with Gasteiger partial charge in [0.15, 0.2) is 6.29 Å². The van der Waals surface area contributed by atoms with Crippen molar-refractivity contribution in [2.24, 2.45) is 0 Å². The van der Waals surface area contributed by atoms with E-state index in [1.807, 2.05) is 6.07 Å². The minimum Gasteiger partial charge on any atom is -0.493 e. The van der Waals surface area contributed by atoms with Gasteiger partial charge in [0.2, 0.25) is 0 Å². The zero-order valence-corrected chi connectivity index (χ0v) is 10.0. The van der Waals surface area contributed by atoms with E-state index in [4.69, 9.17) is 14.9 Å². The number of halogens is 1. The summed E-state index contributed by atoms with van der Waals surface area (Å²) in [6.45, 7) is 0.282. The second kappa shape index (κ2) is 6.21. The number of hydrogen-bond donors (Lipinski definition) is 2. The number of aliphatic hydroxyl groups excluding tert-OH is 1. The van der Waals surface area contributed by atoms with Crippen LogP contribution >= 0.6 is 0 Å². The average molecular weight is 264 g/mol. The Kier molecular flexibility index (Phi) is 4.38. The second-order valence-corrected chi connectivity index (χ2v) is 3.87. The molecule has 0 bridgehead atoms. The molecule has 19 heavy (non-hydrogen) atoms. The number of hydrogen-bond acceptors (Lipinski definition) is 5. The van der Waals surface area contributed by atoms with E-state index in [2.05, 4.69) is 10.2 Å². The Hall–Kier alpha value is -2.05. The minimum atomic E-state index is -1.78. The highest BCUT2D eigenvalue weighted by Crippen LogP contribution is 2.24. The van der Waals surface area contributed by atoms with E-state index in [9.17, 15) is 4.39 Å². The molecule has 0 fully saturated rings. The van der Waals surface area contributed by atoms with Crippen molar-refractivity contribution >= 4 is 0 Å². The smallest absolute Gasteiger partial charge is 0.182 e. The quantitative estimate of drug-likeness (QED) is 0.794. The first-order valence-electron chi connectivity index (χ1n) is 5.72. The predicted molar refractivity (Wildman–Crippen MR) is 64.8 cm³/mol. The molecule has 2 N–H and O–H groups in total. The zero-order chi connectivity index (χ0) is 13.7. The summed E-state index contributed by atoms with van der Waals surface area (Å²) in [5.74, 6) is -0.315. The van der Waals surface area contributed by atoms with Crippen LogP contribution in [0.15, 0.2) is 36.5 Å². The summed E-state index contributed by atoms with van der Waals surface area (Å²) in [6.07, 6.45) is 0.318. The highest BCUT2D eigenvalue weighted by molar-refractivity contribution is 5.34. The van der Waals surface area contributed by atoms with E-state index in [-0.39, 0.29) is 17.9 Å². The van der Waals surface area contributed by atoms with Crippen molar-refractivity contribution in [2.45, 2.75) is 12.7 Å². The lowest BCUT2D eigenvalue weighted by molar-refractivity contribution is -0.0444. The van der Waals surface area contributed by atoms with Crippen molar-refractivity contribution in [3.05, 3.63) is 53.6 Å². The third-order valence-electron chi connectivity index (χ3n) is 2.49. The van der Waals surface area contributed by atoms with Crippen LogP contribution in [-0.4, -0.2) is 27.0 Å². The standard InChI is InChI=1S/C13H13FN2O3/c14-9-3-4-12(11(8-9)13(17)18)19-7-5-10-2-1-6-15-16-10/h1-4,6,8,13,17-18H,5,7H2. The number of rotatable bonds is 5. The Morgan fingerprint density at radius 3 is 2.79 bits per heavy atom. The van der Waals surface area contributed by atoms with Crippen molar-refractivity contribution in [3.63, 3.8) is 0 Å². The molecule has 0 aliphatic heterocycles. The molecule has 0 saturated carbocycles. The van der Waals surface area contributed by atoms with Gasteiger partial charge in [-0.1, -0.05) is 0 Å². The molecule has 0 spiro atoms. The van der Waals surface area contributed by atoms with Crippen molar-refractivity contribution in [3.8, 4) is 5.75 Å². The van der Waals surface area contributed by atoms with E-state index < -0.39 is 12.1 Å². The Morgan fingerprint density at radius 2 is 2.11 bits per heavy atom. The van der Waals surface area contributed by atoms with Crippen LogP contribution in [-0.2, 0) is 6.42 Å². The summed E-state index contributed by atoms with van der Waals surface area (Å²) >= 11 is 0. The monoisotopic (exact) mass is 264 g/mol. The number of ether oxygens (including phenoxy) is 1. The Bertz CT molecular complexity index is 535. The van der Waals surface area contributed by atoms with Crippen LogP contribution in [0, 0.1) is 5.82 Å². The zero-order valence-electron chi connectivity index (χ0n) is 10.0. The normalized spacial score (nSPS) is 10.7. The highest BCUT2D eigenvalue weighted by Gasteiger charge is 2.12. The van der Waals surface area contributed by atoms with E-state index >= 15 is 0 Å². The van der Waals surface area contributed by atoms with E-state index in [0.717, 1.165) is 11.8 Å². The molecule has 0 aliphatic rings. The lowest BCUT2D eigenvalue weighted by atomic mass is 10.2. The van der Waals surface area contributed by atoms with Crippen LogP contribution in [0.3, 0.4) is 0 Å². The number of aromatic nitrogens is 2. The lowest BCUT2D eigenvalue weighted by Crippen LogP contribution is -2.07. The Balaban J connectivity index is 2.00. The fourth-order valence-corrected chi connectivity index (χ4v) is 1.58. The molecule has 1 aromatic heterocycles. The molecule has 2 aromatic rings.